The zero-order chi connectivity index (χ0) is 22.9. The molecule has 8 nitrogen and oxygen atoms in total. The number of ether oxygens (including phenoxy) is 2. The van der Waals surface area contributed by atoms with Crippen molar-refractivity contribution in [3.8, 4) is 0 Å². The van der Waals surface area contributed by atoms with E-state index in [1.165, 1.54) is 0 Å². The Morgan fingerprint density at radius 3 is 1.54 bits per heavy atom. The predicted molar refractivity (Wildman–Crippen MR) is 128 cm³/mol. The number of hydrogen-bond donors (Lipinski definition) is 1. The van der Waals surface area contributed by atoms with Crippen LogP contribution in [-0.4, -0.2) is 73.1 Å². The molecule has 0 atom stereocenters. The Morgan fingerprint density at radius 2 is 1.29 bits per heavy atom. The van der Waals surface area contributed by atoms with Gasteiger partial charge in [0.15, 0.2) is 0 Å². The van der Waals surface area contributed by atoms with Crippen LogP contribution in [0.25, 0.3) is 0 Å². The molecule has 0 spiro atoms. The van der Waals surface area contributed by atoms with Gasteiger partial charge < -0.3 is 14.6 Å². The first-order valence-electron chi connectivity index (χ1n) is 8.44. The van der Waals surface area contributed by atoms with E-state index in [-0.39, 0.29) is 24.7 Å². The summed E-state index contributed by atoms with van der Waals surface area (Å²) in [5.41, 5.74) is 0. The fourth-order valence-corrected chi connectivity index (χ4v) is 3.02. The maximum absolute atomic E-state index is 10.9. The molecule has 0 aliphatic carbocycles. The van der Waals surface area contributed by atoms with Crippen LogP contribution in [0, 0.1) is 0 Å². The third-order valence-electron chi connectivity index (χ3n) is 2.04. The van der Waals surface area contributed by atoms with Gasteiger partial charge in [-0.2, -0.15) is 8.42 Å². The van der Waals surface area contributed by atoms with Crippen LogP contribution in [0.2, 0.25) is 0 Å². The second kappa shape index (κ2) is 29.2. The Bertz CT molecular complexity index is 475. The third-order valence-corrected chi connectivity index (χ3v) is 4.83. The van der Waals surface area contributed by atoms with Crippen LogP contribution in [0.4, 0.5) is 0 Å². The van der Waals surface area contributed by atoms with Crippen LogP contribution >= 0.6 is 47.9 Å². The van der Waals surface area contributed by atoms with E-state index in [1.807, 2.05) is 13.8 Å². The van der Waals surface area contributed by atoms with Crippen molar-refractivity contribution in [2.45, 2.75) is 40.5 Å². The van der Waals surface area contributed by atoms with Gasteiger partial charge in [0.25, 0.3) is 10.1 Å². The van der Waals surface area contributed by atoms with Crippen LogP contribution in [-0.2, 0) is 32.8 Å². The standard InChI is InChI=1S/C7H16O4S.C4H10O2.C3H7ClO2S.I3/c1-3-7-12(8,9)11-6-5-10-4-2;1-2-6-4-3-5;1-2-3-7(4,5)6;1-3-2/h3-7H2,1-2H3;5H,2-4H2,1H3;2-3H2,1H3;/q;;;-1. The normalized spacial score (nSPS) is 10.7. The van der Waals surface area contributed by atoms with E-state index in [0.717, 1.165) is 0 Å². The molecule has 0 aliphatic rings. The molecule has 0 heterocycles. The molecular formula is C14H33ClI3O8S2-. The molecule has 0 bridgehead atoms. The van der Waals surface area contributed by atoms with Crippen molar-refractivity contribution in [2.75, 3.05) is 51.1 Å². The van der Waals surface area contributed by atoms with Gasteiger partial charge in [-0.05, 0) is 26.7 Å². The van der Waals surface area contributed by atoms with Gasteiger partial charge in [0.1, 0.15) is 0 Å². The van der Waals surface area contributed by atoms with Crippen molar-refractivity contribution in [3.05, 3.63) is 0 Å². The predicted octanol–water partition coefficient (Wildman–Crippen LogP) is 0.535. The monoisotopic (exact) mass is 809 g/mol. The molecular weight excluding hydrogens is 776 g/mol. The van der Waals surface area contributed by atoms with Gasteiger partial charge in [-0.25, -0.2) is 8.42 Å². The number of aliphatic hydroxyl groups is 1. The Hall–Kier alpha value is 2.22. The van der Waals surface area contributed by atoms with E-state index in [9.17, 15) is 16.8 Å². The molecule has 0 saturated carbocycles. The average Bonchev–Trinajstić information content (AvgIpc) is 2.58. The molecule has 0 unspecified atom stereocenters. The van der Waals surface area contributed by atoms with Crippen LogP contribution in [0.3, 0.4) is 0 Å². The first kappa shape index (κ1) is 37.5. The van der Waals surface area contributed by atoms with E-state index >= 15 is 0 Å². The number of rotatable bonds is 12. The molecule has 0 fully saturated rings. The number of hydrogen-bond acceptors (Lipinski definition) is 8. The van der Waals surface area contributed by atoms with Crippen molar-refractivity contribution >= 4 is 67.1 Å². The Kier molecular flexibility index (Phi) is 39.2. The van der Waals surface area contributed by atoms with Gasteiger partial charge in [-0.15, -0.1) is 0 Å². The summed E-state index contributed by atoms with van der Waals surface area (Å²) in [5, 5.41) is 8.07. The van der Waals surface area contributed by atoms with Gasteiger partial charge in [0.05, 0.1) is 37.9 Å². The number of halogens is 4. The van der Waals surface area contributed by atoms with E-state index in [4.69, 9.17) is 25.3 Å². The average molecular weight is 810 g/mol. The Morgan fingerprint density at radius 1 is 0.857 bits per heavy atom. The molecule has 28 heavy (non-hydrogen) atoms. The van der Waals surface area contributed by atoms with Crippen molar-refractivity contribution in [3.63, 3.8) is 0 Å². The van der Waals surface area contributed by atoms with Crippen LogP contribution in [0.1, 0.15) is 40.5 Å². The summed E-state index contributed by atoms with van der Waals surface area (Å²) in [6, 6.07) is 0. The Labute approximate surface area is 205 Å². The van der Waals surface area contributed by atoms with Crippen LogP contribution < -0.4 is 13.3 Å². The quantitative estimate of drug-likeness (QED) is 0.132. The Balaban J connectivity index is -0.000000154. The van der Waals surface area contributed by atoms with Crippen molar-refractivity contribution in [1.29, 1.82) is 0 Å². The minimum absolute atomic E-state index is 0.0779. The topological polar surface area (TPSA) is 116 Å². The molecule has 0 rings (SSSR count). The summed E-state index contributed by atoms with van der Waals surface area (Å²) in [4.78, 5) is 0. The first-order valence-corrected chi connectivity index (χ1v) is 25.1. The first-order chi connectivity index (χ1) is 13.0. The number of aliphatic hydroxyl groups excluding tert-OH is 1. The van der Waals surface area contributed by atoms with Crippen molar-refractivity contribution in [2.24, 2.45) is 0 Å². The van der Waals surface area contributed by atoms with Gasteiger partial charge >= 0.3 is 50.5 Å². The molecule has 0 aromatic heterocycles. The van der Waals surface area contributed by atoms with Crippen molar-refractivity contribution in [1.82, 2.24) is 0 Å². The second-order valence-corrected chi connectivity index (χ2v) is 25.4. The maximum atomic E-state index is 10.9. The van der Waals surface area contributed by atoms with E-state index in [1.54, 1.807) is 13.8 Å². The minimum atomic E-state index is -3.29. The molecule has 0 radical (unpaired) electrons. The summed E-state index contributed by atoms with van der Waals surface area (Å²) < 4.78 is 56.1. The van der Waals surface area contributed by atoms with Crippen molar-refractivity contribution < 1.29 is 48.9 Å². The van der Waals surface area contributed by atoms with E-state index in [0.29, 0.717) is 52.5 Å². The summed E-state index contributed by atoms with van der Waals surface area (Å²) >= 11 is 5.30. The zero-order valence-corrected chi connectivity index (χ0v) is 25.6. The summed E-state index contributed by atoms with van der Waals surface area (Å²) in [6.07, 6.45) is 1.17. The van der Waals surface area contributed by atoms with E-state index in [2.05, 4.69) is 41.4 Å². The zero-order valence-electron chi connectivity index (χ0n) is 16.7. The summed E-state index contributed by atoms with van der Waals surface area (Å²) in [7, 11) is -1.69. The SMILES string of the molecule is CCCS(=O)(=O)Cl.CCCS(=O)(=O)OCCOCC.CCOCCO.I[I-]I. The summed E-state index contributed by atoms with van der Waals surface area (Å²) in [5.74, 6) is 0.160. The van der Waals surface area contributed by atoms with Gasteiger partial charge in [-0.3, -0.25) is 4.18 Å². The van der Waals surface area contributed by atoms with Crippen LogP contribution in [0.15, 0.2) is 0 Å². The van der Waals surface area contributed by atoms with Gasteiger partial charge in [-0.1, -0.05) is 13.8 Å². The molecule has 0 amide bonds. The third kappa shape index (κ3) is 51.1. The van der Waals surface area contributed by atoms with Gasteiger partial charge in [0, 0.05) is 23.9 Å². The fourth-order valence-electron chi connectivity index (χ4n) is 1.13. The molecule has 0 aliphatic heterocycles. The summed E-state index contributed by atoms with van der Waals surface area (Å²) in [6.45, 7) is 9.64. The second-order valence-electron chi connectivity index (χ2n) is 4.50. The van der Waals surface area contributed by atoms with Gasteiger partial charge in [0.2, 0.25) is 9.05 Å². The molecule has 178 valence electrons. The molecule has 1 N–H and O–H groups in total. The molecule has 0 aromatic rings. The van der Waals surface area contributed by atoms with E-state index < -0.39 is 19.2 Å². The molecule has 14 heteroatoms. The van der Waals surface area contributed by atoms with Crippen LogP contribution in [0.5, 0.6) is 0 Å². The molecule has 0 aromatic carbocycles. The molecule has 0 saturated heterocycles. The fraction of sp³-hybridized carbons (Fsp3) is 1.00.